The van der Waals surface area contributed by atoms with Crippen LogP contribution in [0.1, 0.15) is 29.7 Å². The molecule has 1 nitrogen and oxygen atoms in total. The van der Waals surface area contributed by atoms with Crippen LogP contribution in [0.4, 0.5) is 8.78 Å². The summed E-state index contributed by atoms with van der Waals surface area (Å²) in [5.41, 5.74) is 1.65. The third kappa shape index (κ3) is 2.44. The van der Waals surface area contributed by atoms with E-state index in [1.54, 1.807) is 30.4 Å². The number of hydrogen-bond acceptors (Lipinski definition) is 2. The van der Waals surface area contributed by atoms with Crippen molar-refractivity contribution in [1.29, 1.82) is 0 Å². The van der Waals surface area contributed by atoms with Gasteiger partial charge >= 0.3 is 0 Å². The van der Waals surface area contributed by atoms with Crippen LogP contribution in [0.5, 0.6) is 0 Å². The molecule has 0 saturated heterocycles. The van der Waals surface area contributed by atoms with Crippen molar-refractivity contribution in [3.05, 3.63) is 57.3 Å². The Labute approximate surface area is 109 Å². The molecule has 1 aromatic heterocycles. The Kier molecular flexibility index (Phi) is 4.09. The first-order valence-corrected chi connectivity index (χ1v) is 6.79. The number of thiophene rings is 1. The zero-order valence-electron chi connectivity index (χ0n) is 10.3. The van der Waals surface area contributed by atoms with Gasteiger partial charge in [0.25, 0.3) is 0 Å². The molecule has 1 heterocycles. The van der Waals surface area contributed by atoms with Crippen molar-refractivity contribution < 1.29 is 8.78 Å². The van der Waals surface area contributed by atoms with E-state index in [0.29, 0.717) is 17.7 Å². The largest absolute Gasteiger partial charge is 0.306 e. The van der Waals surface area contributed by atoms with E-state index < -0.39 is 11.6 Å². The summed E-state index contributed by atoms with van der Waals surface area (Å²) >= 11 is 1.55. The second-order valence-corrected chi connectivity index (χ2v) is 4.93. The van der Waals surface area contributed by atoms with E-state index in [-0.39, 0.29) is 6.04 Å². The molecule has 96 valence electrons. The molecule has 0 spiro atoms. The highest BCUT2D eigenvalue weighted by Gasteiger charge is 2.20. The molecule has 2 aromatic rings. The van der Waals surface area contributed by atoms with E-state index in [2.05, 4.69) is 5.32 Å². The van der Waals surface area contributed by atoms with Gasteiger partial charge < -0.3 is 5.32 Å². The van der Waals surface area contributed by atoms with Gasteiger partial charge in [-0.3, -0.25) is 0 Å². The summed E-state index contributed by atoms with van der Waals surface area (Å²) in [4.78, 5) is 0. The third-order valence-electron chi connectivity index (χ3n) is 2.90. The summed E-state index contributed by atoms with van der Waals surface area (Å²) in [5, 5.41) is 7.07. The molecule has 0 amide bonds. The van der Waals surface area contributed by atoms with Gasteiger partial charge in [0.05, 0.1) is 6.04 Å². The Hall–Kier alpha value is -1.26. The molecule has 1 atom stereocenters. The highest BCUT2D eigenvalue weighted by molar-refractivity contribution is 7.08. The third-order valence-corrected chi connectivity index (χ3v) is 3.60. The Balaban J connectivity index is 2.47. The van der Waals surface area contributed by atoms with Crippen molar-refractivity contribution >= 4 is 11.3 Å². The van der Waals surface area contributed by atoms with Crippen molar-refractivity contribution in [2.75, 3.05) is 6.54 Å². The van der Waals surface area contributed by atoms with Gasteiger partial charge in [0.1, 0.15) is 0 Å². The second-order valence-electron chi connectivity index (χ2n) is 4.15. The molecule has 1 unspecified atom stereocenters. The maximum Gasteiger partial charge on any atom is 0.164 e. The van der Waals surface area contributed by atoms with Gasteiger partial charge in [-0.2, -0.15) is 11.3 Å². The van der Waals surface area contributed by atoms with Gasteiger partial charge in [-0.1, -0.05) is 19.1 Å². The van der Waals surface area contributed by atoms with E-state index in [9.17, 15) is 8.78 Å². The molecule has 2 rings (SSSR count). The van der Waals surface area contributed by atoms with E-state index >= 15 is 0 Å². The second kappa shape index (κ2) is 5.59. The number of nitrogens with one attached hydrogen (secondary N) is 1. The van der Waals surface area contributed by atoms with Crippen molar-refractivity contribution in [2.24, 2.45) is 0 Å². The lowest BCUT2D eigenvalue weighted by Crippen LogP contribution is -2.23. The van der Waals surface area contributed by atoms with Crippen molar-refractivity contribution in [3.63, 3.8) is 0 Å². The first-order chi connectivity index (χ1) is 8.65. The van der Waals surface area contributed by atoms with Crippen LogP contribution in [0.3, 0.4) is 0 Å². The first kappa shape index (κ1) is 13.2. The number of benzene rings is 1. The topological polar surface area (TPSA) is 12.0 Å². The van der Waals surface area contributed by atoms with Gasteiger partial charge in [0.15, 0.2) is 11.6 Å². The van der Waals surface area contributed by atoms with Gasteiger partial charge in [-0.05, 0) is 41.4 Å². The van der Waals surface area contributed by atoms with Crippen LogP contribution in [0, 0.1) is 18.6 Å². The monoisotopic (exact) mass is 267 g/mol. The molecule has 0 aliphatic heterocycles. The van der Waals surface area contributed by atoms with Gasteiger partial charge in [-0.15, -0.1) is 0 Å². The average molecular weight is 267 g/mol. The van der Waals surface area contributed by atoms with Crippen LogP contribution >= 0.6 is 11.3 Å². The smallest absolute Gasteiger partial charge is 0.164 e. The number of halogens is 2. The zero-order chi connectivity index (χ0) is 13.1. The summed E-state index contributed by atoms with van der Waals surface area (Å²) < 4.78 is 27.6. The van der Waals surface area contributed by atoms with Crippen LogP contribution in [0.25, 0.3) is 0 Å². The molecular weight excluding hydrogens is 252 g/mol. The molecule has 18 heavy (non-hydrogen) atoms. The summed E-state index contributed by atoms with van der Waals surface area (Å²) in [6.07, 6.45) is 0. The standard InChI is InChI=1S/C14H15F2NS/c1-3-17-14(10-6-7-18-8-10)11-5-4-9(2)12(15)13(11)16/h4-8,14,17H,3H2,1-2H3. The van der Waals surface area contributed by atoms with Crippen molar-refractivity contribution in [2.45, 2.75) is 19.9 Å². The number of rotatable bonds is 4. The predicted octanol–water partition coefficient (Wildman–Crippen LogP) is 4.03. The number of aryl methyl sites for hydroxylation is 1. The summed E-state index contributed by atoms with van der Waals surface area (Å²) in [7, 11) is 0. The summed E-state index contributed by atoms with van der Waals surface area (Å²) in [6.45, 7) is 4.20. The van der Waals surface area contributed by atoms with Gasteiger partial charge in [0, 0.05) is 5.56 Å². The van der Waals surface area contributed by atoms with Gasteiger partial charge in [0.2, 0.25) is 0 Å². The normalized spacial score (nSPS) is 12.7. The fourth-order valence-corrected chi connectivity index (χ4v) is 2.62. The SMILES string of the molecule is CCNC(c1ccsc1)c1ccc(C)c(F)c1F. The van der Waals surface area contributed by atoms with Crippen molar-refractivity contribution in [1.82, 2.24) is 5.32 Å². The van der Waals surface area contributed by atoms with E-state index in [4.69, 9.17) is 0 Å². The van der Waals surface area contributed by atoms with E-state index in [0.717, 1.165) is 5.56 Å². The van der Waals surface area contributed by atoms with E-state index in [1.165, 1.54) is 0 Å². The fraction of sp³-hybridized carbons (Fsp3) is 0.286. The molecule has 0 aliphatic carbocycles. The predicted molar refractivity (Wildman–Crippen MR) is 70.9 cm³/mol. The molecule has 4 heteroatoms. The molecule has 1 aromatic carbocycles. The lowest BCUT2D eigenvalue weighted by atomic mass is 9.99. The van der Waals surface area contributed by atoms with Crippen LogP contribution in [0.2, 0.25) is 0 Å². The molecule has 0 aliphatic rings. The van der Waals surface area contributed by atoms with Crippen molar-refractivity contribution in [3.8, 4) is 0 Å². The summed E-state index contributed by atoms with van der Waals surface area (Å²) in [6, 6.07) is 4.90. The van der Waals surface area contributed by atoms with Crippen LogP contribution < -0.4 is 5.32 Å². The lowest BCUT2D eigenvalue weighted by Gasteiger charge is -2.18. The minimum Gasteiger partial charge on any atom is -0.306 e. The molecule has 0 fully saturated rings. The zero-order valence-corrected chi connectivity index (χ0v) is 11.2. The number of hydrogen-bond donors (Lipinski definition) is 1. The quantitative estimate of drug-likeness (QED) is 0.881. The molecule has 1 N–H and O–H groups in total. The molecule has 0 bridgehead atoms. The lowest BCUT2D eigenvalue weighted by molar-refractivity contribution is 0.479. The Morgan fingerprint density at radius 2 is 2.00 bits per heavy atom. The maximum absolute atomic E-state index is 14.0. The minimum absolute atomic E-state index is 0.295. The van der Waals surface area contributed by atoms with Gasteiger partial charge in [-0.25, -0.2) is 8.78 Å². The maximum atomic E-state index is 14.0. The fourth-order valence-electron chi connectivity index (χ4n) is 1.93. The summed E-state index contributed by atoms with van der Waals surface area (Å²) in [5.74, 6) is -1.52. The van der Waals surface area contributed by atoms with Crippen LogP contribution in [-0.4, -0.2) is 6.54 Å². The average Bonchev–Trinajstić information content (AvgIpc) is 2.88. The van der Waals surface area contributed by atoms with Crippen LogP contribution in [-0.2, 0) is 0 Å². The van der Waals surface area contributed by atoms with Crippen LogP contribution in [0.15, 0.2) is 29.0 Å². The molecular formula is C14H15F2NS. The first-order valence-electron chi connectivity index (χ1n) is 5.85. The minimum atomic E-state index is -0.759. The Morgan fingerprint density at radius 3 is 2.61 bits per heavy atom. The highest BCUT2D eigenvalue weighted by atomic mass is 32.1. The Morgan fingerprint density at radius 1 is 1.22 bits per heavy atom. The van der Waals surface area contributed by atoms with E-state index in [1.807, 2.05) is 23.8 Å². The highest BCUT2D eigenvalue weighted by Crippen LogP contribution is 2.28. The Bertz CT molecular complexity index is 523. The molecule has 0 saturated carbocycles. The molecule has 0 radical (unpaired) electrons.